The standard InChI is InChI=1S/C21H14O3/c22-19-12-15-7-1-2-8-16(15)13-20(19)24-21(23)18-11-5-9-14-6-3-4-10-17(14)18/h1-13,22H. The van der Waals surface area contributed by atoms with Gasteiger partial charge in [-0.3, -0.25) is 0 Å². The van der Waals surface area contributed by atoms with Gasteiger partial charge in [0.25, 0.3) is 0 Å². The highest BCUT2D eigenvalue weighted by Gasteiger charge is 2.15. The van der Waals surface area contributed by atoms with Gasteiger partial charge in [0, 0.05) is 0 Å². The molecule has 116 valence electrons. The van der Waals surface area contributed by atoms with Crippen molar-refractivity contribution in [2.45, 2.75) is 0 Å². The van der Waals surface area contributed by atoms with Gasteiger partial charge in [0.15, 0.2) is 11.5 Å². The molecular weight excluding hydrogens is 300 g/mol. The maximum absolute atomic E-state index is 12.6. The van der Waals surface area contributed by atoms with E-state index in [0.29, 0.717) is 5.56 Å². The van der Waals surface area contributed by atoms with Crippen molar-refractivity contribution in [3.8, 4) is 11.5 Å². The Morgan fingerprint density at radius 1 is 0.750 bits per heavy atom. The Hall–Kier alpha value is -3.33. The molecule has 0 aromatic heterocycles. The maximum atomic E-state index is 12.6. The maximum Gasteiger partial charge on any atom is 0.344 e. The van der Waals surface area contributed by atoms with E-state index >= 15 is 0 Å². The summed E-state index contributed by atoms with van der Waals surface area (Å²) in [7, 11) is 0. The van der Waals surface area contributed by atoms with Gasteiger partial charge in [-0.1, -0.05) is 60.7 Å². The lowest BCUT2D eigenvalue weighted by molar-refractivity contribution is 0.0732. The average Bonchev–Trinajstić information content (AvgIpc) is 2.62. The molecule has 0 aliphatic rings. The highest BCUT2D eigenvalue weighted by molar-refractivity contribution is 6.05. The van der Waals surface area contributed by atoms with Crippen LogP contribution in [0.15, 0.2) is 78.9 Å². The lowest BCUT2D eigenvalue weighted by Gasteiger charge is -2.09. The molecule has 0 heterocycles. The van der Waals surface area contributed by atoms with Crippen LogP contribution >= 0.6 is 0 Å². The first kappa shape index (κ1) is 14.3. The fourth-order valence-electron chi connectivity index (χ4n) is 2.85. The second-order valence-corrected chi connectivity index (χ2v) is 5.58. The van der Waals surface area contributed by atoms with Crippen molar-refractivity contribution in [3.05, 3.63) is 84.4 Å². The van der Waals surface area contributed by atoms with Crippen molar-refractivity contribution in [1.29, 1.82) is 0 Å². The number of phenols is 1. The Balaban J connectivity index is 1.75. The van der Waals surface area contributed by atoms with Gasteiger partial charge in [-0.05, 0) is 39.7 Å². The lowest BCUT2D eigenvalue weighted by Crippen LogP contribution is -2.09. The van der Waals surface area contributed by atoms with Gasteiger partial charge >= 0.3 is 5.97 Å². The summed E-state index contributed by atoms with van der Waals surface area (Å²) in [6.07, 6.45) is 0. The van der Waals surface area contributed by atoms with Crippen LogP contribution in [0.3, 0.4) is 0 Å². The fraction of sp³-hybridized carbons (Fsp3) is 0. The van der Waals surface area contributed by atoms with Crippen LogP contribution in [0, 0.1) is 0 Å². The monoisotopic (exact) mass is 314 g/mol. The predicted molar refractivity (Wildman–Crippen MR) is 94.5 cm³/mol. The summed E-state index contributed by atoms with van der Waals surface area (Å²) in [5.74, 6) is -0.383. The number of ether oxygens (including phenoxy) is 1. The molecular formula is C21H14O3. The molecule has 3 nitrogen and oxygen atoms in total. The van der Waals surface area contributed by atoms with Crippen LogP contribution < -0.4 is 4.74 Å². The van der Waals surface area contributed by atoms with Crippen LogP contribution in [0.4, 0.5) is 0 Å². The molecule has 0 saturated carbocycles. The van der Waals surface area contributed by atoms with Gasteiger partial charge in [0.05, 0.1) is 5.56 Å². The molecule has 0 aliphatic heterocycles. The van der Waals surface area contributed by atoms with E-state index in [0.717, 1.165) is 21.5 Å². The minimum absolute atomic E-state index is 0.0534. The zero-order valence-electron chi connectivity index (χ0n) is 12.8. The first-order valence-electron chi connectivity index (χ1n) is 7.64. The Labute approximate surface area is 138 Å². The van der Waals surface area contributed by atoms with E-state index in [9.17, 15) is 9.90 Å². The highest BCUT2D eigenvalue weighted by atomic mass is 16.5. The molecule has 0 spiro atoms. The molecule has 0 aliphatic carbocycles. The minimum atomic E-state index is -0.489. The molecule has 4 aromatic carbocycles. The van der Waals surface area contributed by atoms with Gasteiger partial charge in [-0.2, -0.15) is 0 Å². The van der Waals surface area contributed by atoms with Crippen LogP contribution in [0.5, 0.6) is 11.5 Å². The van der Waals surface area contributed by atoms with Gasteiger partial charge < -0.3 is 9.84 Å². The summed E-state index contributed by atoms with van der Waals surface area (Å²) in [5, 5.41) is 13.7. The number of hydrogen-bond acceptors (Lipinski definition) is 3. The molecule has 4 rings (SSSR count). The number of aromatic hydroxyl groups is 1. The van der Waals surface area contributed by atoms with E-state index in [2.05, 4.69) is 0 Å². The number of hydrogen-bond donors (Lipinski definition) is 1. The first-order valence-corrected chi connectivity index (χ1v) is 7.64. The molecule has 0 bridgehead atoms. The van der Waals surface area contributed by atoms with Crippen LogP contribution in [-0.4, -0.2) is 11.1 Å². The van der Waals surface area contributed by atoms with Crippen molar-refractivity contribution >= 4 is 27.5 Å². The van der Waals surface area contributed by atoms with E-state index in [-0.39, 0.29) is 11.5 Å². The number of benzene rings is 4. The third-order valence-corrected chi connectivity index (χ3v) is 4.04. The fourth-order valence-corrected chi connectivity index (χ4v) is 2.85. The highest BCUT2D eigenvalue weighted by Crippen LogP contribution is 2.32. The summed E-state index contributed by atoms with van der Waals surface area (Å²) in [6, 6.07) is 24.0. The molecule has 4 aromatic rings. The van der Waals surface area contributed by atoms with Gasteiger partial charge in [-0.25, -0.2) is 4.79 Å². The molecule has 0 unspecified atom stereocenters. The van der Waals surface area contributed by atoms with E-state index in [4.69, 9.17) is 4.74 Å². The molecule has 0 fully saturated rings. The van der Waals surface area contributed by atoms with E-state index < -0.39 is 5.97 Å². The molecule has 0 atom stereocenters. The summed E-state index contributed by atoms with van der Waals surface area (Å²) in [6.45, 7) is 0. The van der Waals surface area contributed by atoms with E-state index in [1.807, 2.05) is 60.7 Å². The van der Waals surface area contributed by atoms with Gasteiger partial charge in [0.1, 0.15) is 0 Å². The number of rotatable bonds is 2. The number of carbonyl (C=O) groups is 1. The number of carbonyl (C=O) groups excluding carboxylic acids is 1. The molecule has 3 heteroatoms. The molecule has 1 N–H and O–H groups in total. The van der Waals surface area contributed by atoms with Crippen LogP contribution in [0.2, 0.25) is 0 Å². The largest absolute Gasteiger partial charge is 0.504 e. The van der Waals surface area contributed by atoms with Crippen LogP contribution in [0.25, 0.3) is 21.5 Å². The zero-order valence-corrected chi connectivity index (χ0v) is 12.8. The summed E-state index contributed by atoms with van der Waals surface area (Å²) >= 11 is 0. The number of phenolic OH excluding ortho intramolecular Hbond substituents is 1. The molecule has 0 radical (unpaired) electrons. The van der Waals surface area contributed by atoms with Gasteiger partial charge in [-0.15, -0.1) is 0 Å². The summed E-state index contributed by atoms with van der Waals surface area (Å²) in [5.41, 5.74) is 0.473. The summed E-state index contributed by atoms with van der Waals surface area (Å²) < 4.78 is 5.46. The SMILES string of the molecule is O=C(Oc1cc2ccccc2cc1O)c1cccc2ccccc12. The second kappa shape index (κ2) is 5.70. The lowest BCUT2D eigenvalue weighted by atomic mass is 10.0. The smallest absolute Gasteiger partial charge is 0.344 e. The Kier molecular flexibility index (Phi) is 3.39. The molecule has 0 saturated heterocycles. The average molecular weight is 314 g/mol. The second-order valence-electron chi connectivity index (χ2n) is 5.58. The van der Waals surface area contributed by atoms with Crippen LogP contribution in [-0.2, 0) is 0 Å². The predicted octanol–water partition coefficient (Wildman–Crippen LogP) is 4.92. The van der Waals surface area contributed by atoms with Crippen molar-refractivity contribution in [2.24, 2.45) is 0 Å². The van der Waals surface area contributed by atoms with Gasteiger partial charge in [0.2, 0.25) is 0 Å². The van der Waals surface area contributed by atoms with Crippen LogP contribution in [0.1, 0.15) is 10.4 Å². The molecule has 24 heavy (non-hydrogen) atoms. The number of fused-ring (bicyclic) bond motifs is 2. The Morgan fingerprint density at radius 2 is 1.38 bits per heavy atom. The van der Waals surface area contributed by atoms with E-state index in [1.165, 1.54) is 0 Å². The summed E-state index contributed by atoms with van der Waals surface area (Å²) in [4.78, 5) is 12.6. The Morgan fingerprint density at radius 3 is 2.17 bits per heavy atom. The minimum Gasteiger partial charge on any atom is -0.504 e. The van der Waals surface area contributed by atoms with Crippen molar-refractivity contribution in [2.75, 3.05) is 0 Å². The first-order chi connectivity index (χ1) is 11.7. The number of esters is 1. The molecule has 0 amide bonds. The van der Waals surface area contributed by atoms with Crippen molar-refractivity contribution in [1.82, 2.24) is 0 Å². The zero-order chi connectivity index (χ0) is 16.5. The normalized spacial score (nSPS) is 10.8. The quantitative estimate of drug-likeness (QED) is 0.422. The van der Waals surface area contributed by atoms with Crippen molar-refractivity contribution < 1.29 is 14.6 Å². The van der Waals surface area contributed by atoms with Crippen molar-refractivity contribution in [3.63, 3.8) is 0 Å². The third kappa shape index (κ3) is 2.46. The van der Waals surface area contributed by atoms with E-state index in [1.54, 1.807) is 18.2 Å². The topological polar surface area (TPSA) is 46.5 Å². The Bertz CT molecular complexity index is 1060. The third-order valence-electron chi connectivity index (χ3n) is 4.04.